The molecule has 0 atom stereocenters. The number of nitrogens with one attached hydrogen (secondary N) is 1. The summed E-state index contributed by atoms with van der Waals surface area (Å²) in [4.78, 5) is 5.13. The minimum atomic E-state index is -4.52. The lowest BCUT2D eigenvalue weighted by Gasteiger charge is -2.14. The first-order chi connectivity index (χ1) is 13.0. The third-order valence-corrected chi connectivity index (χ3v) is 3.49. The number of rotatable bonds is 5. The lowest BCUT2D eigenvalue weighted by molar-refractivity contribution is -0.137. The molecule has 28 heavy (non-hydrogen) atoms. The van der Waals surface area contributed by atoms with E-state index in [2.05, 4.69) is 5.16 Å². The van der Waals surface area contributed by atoms with Gasteiger partial charge in [-0.25, -0.2) is 4.39 Å². The number of oxime groups is 1. The summed E-state index contributed by atoms with van der Waals surface area (Å²) in [7, 11) is -2.61. The number of alkyl halides is 3. The van der Waals surface area contributed by atoms with Crippen LogP contribution in [0.25, 0.3) is 0 Å². The predicted molar refractivity (Wildman–Crippen MR) is 96.1 cm³/mol. The van der Waals surface area contributed by atoms with Crippen LogP contribution in [0.5, 0.6) is 0 Å². The van der Waals surface area contributed by atoms with Gasteiger partial charge in [-0.05, 0) is 42.3 Å². The highest BCUT2D eigenvalue weighted by molar-refractivity contribution is 7.60. The molecule has 2 rings (SSSR count). The van der Waals surface area contributed by atoms with E-state index in [1.54, 1.807) is 6.92 Å². The van der Waals surface area contributed by atoms with Gasteiger partial charge in [0.2, 0.25) is 0 Å². The van der Waals surface area contributed by atoms with Gasteiger partial charge in [0.25, 0.3) is 0 Å². The van der Waals surface area contributed by atoms with E-state index in [-0.39, 0.29) is 35.1 Å². The van der Waals surface area contributed by atoms with Crippen molar-refractivity contribution in [2.24, 2.45) is 5.16 Å². The molecule has 0 saturated carbocycles. The molecular weight excluding hydrogens is 424 g/mol. The fraction of sp³-hybridized carbons (Fsp3) is 0.235. The van der Waals surface area contributed by atoms with Crippen LogP contribution >= 0.6 is 11.6 Å². The minimum absolute atomic E-state index is 0.0195. The van der Waals surface area contributed by atoms with Gasteiger partial charge in [0.15, 0.2) is 0 Å². The SMILES string of the molecule is CC/C(=N\OCc1ccc(F)cc1)c1cc(Cl)ccc1C(F)(F)F.N=S(=O)=O. The van der Waals surface area contributed by atoms with Gasteiger partial charge in [0, 0.05) is 10.6 Å². The van der Waals surface area contributed by atoms with Gasteiger partial charge in [-0.1, -0.05) is 35.8 Å². The van der Waals surface area contributed by atoms with Gasteiger partial charge in [-0.15, -0.1) is 0 Å². The number of halogens is 5. The third-order valence-electron chi connectivity index (χ3n) is 3.25. The van der Waals surface area contributed by atoms with Crippen molar-refractivity contribution in [1.82, 2.24) is 0 Å². The Kier molecular flexibility index (Phi) is 9.07. The summed E-state index contributed by atoms with van der Waals surface area (Å²) >= 11 is 5.81. The average molecular weight is 439 g/mol. The quantitative estimate of drug-likeness (QED) is 0.382. The molecule has 0 fully saturated rings. The second kappa shape index (κ2) is 10.8. The summed E-state index contributed by atoms with van der Waals surface area (Å²) < 4.78 is 75.0. The standard InChI is InChI=1S/C17H14ClF4NO.HNO2S/c1-2-16(23-24-10-11-3-6-13(19)7-4-11)14-9-12(18)5-8-15(14)17(20,21)22;1-4(2)3/h3-9H,2,10H2,1H3;1H/b23-16+;. The highest BCUT2D eigenvalue weighted by Gasteiger charge is 2.34. The van der Waals surface area contributed by atoms with E-state index in [4.69, 9.17) is 29.6 Å². The average Bonchev–Trinajstić information content (AvgIpc) is 2.58. The van der Waals surface area contributed by atoms with Crippen molar-refractivity contribution in [3.05, 3.63) is 70.0 Å². The van der Waals surface area contributed by atoms with E-state index in [9.17, 15) is 17.6 Å². The monoisotopic (exact) mass is 438 g/mol. The molecule has 0 aromatic heterocycles. The Morgan fingerprint density at radius 2 is 1.75 bits per heavy atom. The van der Waals surface area contributed by atoms with Crippen molar-refractivity contribution in [1.29, 1.82) is 4.78 Å². The van der Waals surface area contributed by atoms with Crippen molar-refractivity contribution in [2.45, 2.75) is 26.1 Å². The first-order valence-corrected chi connectivity index (χ1v) is 9.10. The summed E-state index contributed by atoms with van der Waals surface area (Å²) in [6.45, 7) is 1.69. The van der Waals surface area contributed by atoms with Gasteiger partial charge in [-0.2, -0.15) is 26.4 Å². The van der Waals surface area contributed by atoms with Gasteiger partial charge in [-0.3, -0.25) is 0 Å². The highest BCUT2D eigenvalue weighted by atomic mass is 35.5. The van der Waals surface area contributed by atoms with E-state index in [0.29, 0.717) is 5.56 Å². The molecule has 5 nitrogen and oxygen atoms in total. The maximum Gasteiger partial charge on any atom is 0.417 e. The minimum Gasteiger partial charge on any atom is -0.391 e. The number of benzene rings is 2. The lowest BCUT2D eigenvalue weighted by Crippen LogP contribution is -2.13. The number of hydrogen-bond acceptors (Lipinski definition) is 5. The predicted octanol–water partition coefficient (Wildman–Crippen LogP) is 5.46. The number of nitrogens with zero attached hydrogens (tertiary/aromatic N) is 1. The smallest absolute Gasteiger partial charge is 0.391 e. The Morgan fingerprint density at radius 3 is 2.25 bits per heavy atom. The van der Waals surface area contributed by atoms with Gasteiger partial charge in [0.1, 0.15) is 12.4 Å². The molecule has 0 aliphatic heterocycles. The largest absolute Gasteiger partial charge is 0.417 e. The van der Waals surface area contributed by atoms with E-state index in [1.165, 1.54) is 36.4 Å². The lowest BCUT2D eigenvalue weighted by atomic mass is 10.0. The van der Waals surface area contributed by atoms with Gasteiger partial charge >= 0.3 is 16.7 Å². The molecule has 0 radical (unpaired) electrons. The van der Waals surface area contributed by atoms with E-state index in [0.717, 1.165) is 6.07 Å². The summed E-state index contributed by atoms with van der Waals surface area (Å²) in [5.41, 5.74) is -0.154. The fourth-order valence-electron chi connectivity index (χ4n) is 2.07. The van der Waals surface area contributed by atoms with Crippen LogP contribution < -0.4 is 0 Å². The van der Waals surface area contributed by atoms with Crippen LogP contribution in [0.15, 0.2) is 47.6 Å². The van der Waals surface area contributed by atoms with E-state index < -0.39 is 22.2 Å². The molecule has 1 N–H and O–H groups in total. The van der Waals surface area contributed by atoms with Crippen LogP contribution in [-0.4, -0.2) is 14.1 Å². The highest BCUT2D eigenvalue weighted by Crippen LogP contribution is 2.34. The van der Waals surface area contributed by atoms with Gasteiger partial charge in [0.05, 0.1) is 11.3 Å². The third kappa shape index (κ3) is 8.05. The molecule has 0 bridgehead atoms. The fourth-order valence-corrected chi connectivity index (χ4v) is 2.24. The molecule has 152 valence electrons. The first-order valence-electron chi connectivity index (χ1n) is 7.65. The second-order valence-corrected chi connectivity index (χ2v) is 6.12. The molecule has 0 unspecified atom stereocenters. The molecule has 0 saturated heterocycles. The number of hydrogen-bond donors (Lipinski definition) is 1. The summed E-state index contributed by atoms with van der Waals surface area (Å²) in [6, 6.07) is 8.87. The van der Waals surface area contributed by atoms with Crippen molar-refractivity contribution in [3.63, 3.8) is 0 Å². The first kappa shape index (κ1) is 23.6. The maximum absolute atomic E-state index is 13.1. The summed E-state index contributed by atoms with van der Waals surface area (Å²) in [5, 5.41) is 3.99. The zero-order chi connectivity index (χ0) is 21.3. The van der Waals surface area contributed by atoms with E-state index in [1.807, 2.05) is 0 Å². The maximum atomic E-state index is 13.1. The van der Waals surface area contributed by atoms with E-state index >= 15 is 0 Å². The Morgan fingerprint density at radius 1 is 1.18 bits per heavy atom. The van der Waals surface area contributed by atoms with Crippen molar-refractivity contribution >= 4 is 27.8 Å². The van der Waals surface area contributed by atoms with Crippen LogP contribution in [0.2, 0.25) is 5.02 Å². The topological polar surface area (TPSA) is 79.6 Å². The Hall–Kier alpha value is -2.46. The second-order valence-electron chi connectivity index (χ2n) is 5.21. The van der Waals surface area contributed by atoms with Gasteiger partial charge < -0.3 is 4.84 Å². The molecular formula is C17H15ClF4N2O3S. The van der Waals surface area contributed by atoms with Crippen LogP contribution in [0.1, 0.15) is 30.0 Å². The van der Waals surface area contributed by atoms with Crippen molar-refractivity contribution in [2.75, 3.05) is 0 Å². The molecule has 0 aliphatic carbocycles. The van der Waals surface area contributed by atoms with Crippen molar-refractivity contribution in [3.8, 4) is 0 Å². The zero-order valence-corrected chi connectivity index (χ0v) is 16.0. The molecule has 0 amide bonds. The van der Waals surface area contributed by atoms with Crippen LogP contribution in [0, 0.1) is 10.6 Å². The molecule has 0 spiro atoms. The molecule has 2 aromatic rings. The zero-order valence-electron chi connectivity index (χ0n) is 14.4. The Balaban J connectivity index is 0.000000892. The normalized spacial score (nSPS) is 11.4. The molecule has 11 heteroatoms. The molecule has 0 aliphatic rings. The Bertz CT molecular complexity index is 924. The summed E-state index contributed by atoms with van der Waals surface area (Å²) in [6.07, 6.45) is -4.29. The van der Waals surface area contributed by atoms with Crippen molar-refractivity contribution < 1.29 is 30.8 Å². The summed E-state index contributed by atoms with van der Waals surface area (Å²) in [5.74, 6) is -0.384. The molecule has 0 heterocycles. The van der Waals surface area contributed by atoms with Crippen LogP contribution in [0.4, 0.5) is 17.6 Å². The molecule has 2 aromatic carbocycles. The Labute approximate surface area is 165 Å². The van der Waals surface area contributed by atoms with Crippen LogP contribution in [-0.2, 0) is 28.1 Å². The van der Waals surface area contributed by atoms with Crippen LogP contribution in [0.3, 0.4) is 0 Å².